The third-order valence-corrected chi connectivity index (χ3v) is 4.05. The van der Waals surface area contributed by atoms with E-state index in [1.54, 1.807) is 31.3 Å². The molecule has 0 heterocycles. The van der Waals surface area contributed by atoms with Crippen LogP contribution in [0.25, 0.3) is 0 Å². The van der Waals surface area contributed by atoms with Crippen LogP contribution < -0.4 is 16.4 Å². The van der Waals surface area contributed by atoms with Gasteiger partial charge in [0.05, 0.1) is 0 Å². The van der Waals surface area contributed by atoms with Crippen molar-refractivity contribution >= 4 is 29.9 Å². The van der Waals surface area contributed by atoms with Crippen molar-refractivity contribution in [3.05, 3.63) is 29.8 Å². The van der Waals surface area contributed by atoms with E-state index in [1.807, 2.05) is 0 Å². The van der Waals surface area contributed by atoms with Crippen molar-refractivity contribution in [1.82, 2.24) is 5.32 Å². The van der Waals surface area contributed by atoms with Gasteiger partial charge in [-0.3, -0.25) is 9.59 Å². The van der Waals surface area contributed by atoms with Gasteiger partial charge in [-0.1, -0.05) is 18.9 Å². The second-order valence-corrected chi connectivity index (χ2v) is 5.62. The number of halogens is 1. The molecule has 0 radical (unpaired) electrons. The highest BCUT2D eigenvalue weighted by Gasteiger charge is 2.24. The van der Waals surface area contributed by atoms with Crippen molar-refractivity contribution < 1.29 is 9.59 Å². The largest absolute Gasteiger partial charge is 0.355 e. The lowest BCUT2D eigenvalue weighted by atomic mass is 9.83. The van der Waals surface area contributed by atoms with E-state index in [4.69, 9.17) is 5.73 Å². The molecule has 4 N–H and O–H groups in total. The van der Waals surface area contributed by atoms with Crippen molar-refractivity contribution in [3.63, 3.8) is 0 Å². The SMILES string of the molecule is CNC(=O)c1cccc(NC(=O)CC2CCCCC2N)c1.Cl. The first-order valence-corrected chi connectivity index (χ1v) is 7.47. The average Bonchev–Trinajstić information content (AvgIpc) is 2.49. The van der Waals surface area contributed by atoms with Crippen LogP contribution in [0, 0.1) is 5.92 Å². The average molecular weight is 326 g/mol. The van der Waals surface area contributed by atoms with Crippen LogP contribution in [0.1, 0.15) is 42.5 Å². The van der Waals surface area contributed by atoms with Gasteiger partial charge in [0.1, 0.15) is 0 Å². The van der Waals surface area contributed by atoms with E-state index in [2.05, 4.69) is 10.6 Å². The van der Waals surface area contributed by atoms with E-state index in [0.717, 1.165) is 25.7 Å². The van der Waals surface area contributed by atoms with E-state index in [-0.39, 0.29) is 36.2 Å². The summed E-state index contributed by atoms with van der Waals surface area (Å²) in [4.78, 5) is 23.7. The quantitative estimate of drug-likeness (QED) is 0.794. The van der Waals surface area contributed by atoms with Gasteiger partial charge in [-0.05, 0) is 37.0 Å². The molecule has 0 aliphatic heterocycles. The number of hydrogen-bond donors (Lipinski definition) is 3. The summed E-state index contributed by atoms with van der Waals surface area (Å²) in [6.45, 7) is 0. The first-order valence-electron chi connectivity index (χ1n) is 7.47. The van der Waals surface area contributed by atoms with Crippen LogP contribution >= 0.6 is 12.4 Å². The Balaban J connectivity index is 0.00000242. The summed E-state index contributed by atoms with van der Waals surface area (Å²) in [5, 5.41) is 5.42. The summed E-state index contributed by atoms with van der Waals surface area (Å²) in [5.41, 5.74) is 7.25. The minimum Gasteiger partial charge on any atom is -0.355 e. The fourth-order valence-electron chi connectivity index (χ4n) is 2.82. The van der Waals surface area contributed by atoms with E-state index in [1.165, 1.54) is 0 Å². The van der Waals surface area contributed by atoms with E-state index >= 15 is 0 Å². The van der Waals surface area contributed by atoms with Crippen molar-refractivity contribution in [2.24, 2.45) is 11.7 Å². The van der Waals surface area contributed by atoms with Crippen LogP contribution in [0.4, 0.5) is 5.69 Å². The van der Waals surface area contributed by atoms with Crippen LogP contribution in [0.5, 0.6) is 0 Å². The van der Waals surface area contributed by atoms with Gasteiger partial charge < -0.3 is 16.4 Å². The first kappa shape index (κ1) is 18.5. The smallest absolute Gasteiger partial charge is 0.251 e. The number of amides is 2. The lowest BCUT2D eigenvalue weighted by molar-refractivity contribution is -0.117. The normalized spacial score (nSPS) is 20.6. The Bertz CT molecular complexity index is 522. The Morgan fingerprint density at radius 3 is 2.68 bits per heavy atom. The molecule has 1 aliphatic rings. The highest BCUT2D eigenvalue weighted by molar-refractivity contribution is 5.97. The minimum atomic E-state index is -0.166. The van der Waals surface area contributed by atoms with Crippen LogP contribution in [0.3, 0.4) is 0 Å². The molecule has 122 valence electrons. The molecule has 1 saturated carbocycles. The Hall–Kier alpha value is -1.59. The van der Waals surface area contributed by atoms with E-state index in [0.29, 0.717) is 17.7 Å². The summed E-state index contributed by atoms with van der Waals surface area (Å²) in [6, 6.07) is 7.06. The number of nitrogens with one attached hydrogen (secondary N) is 2. The molecular formula is C16H24ClN3O2. The number of carbonyl (C=O) groups is 2. The van der Waals surface area contributed by atoms with Gasteiger partial charge in [0, 0.05) is 30.8 Å². The maximum atomic E-state index is 12.1. The molecule has 2 rings (SSSR count). The van der Waals surface area contributed by atoms with Gasteiger partial charge in [0.2, 0.25) is 5.91 Å². The Labute approximate surface area is 137 Å². The topological polar surface area (TPSA) is 84.2 Å². The first-order chi connectivity index (χ1) is 10.1. The molecule has 0 bridgehead atoms. The summed E-state index contributed by atoms with van der Waals surface area (Å²) in [5.74, 6) is 0.0627. The number of hydrogen-bond acceptors (Lipinski definition) is 3. The Morgan fingerprint density at radius 2 is 2.00 bits per heavy atom. The fourth-order valence-corrected chi connectivity index (χ4v) is 2.82. The highest BCUT2D eigenvalue weighted by atomic mass is 35.5. The van der Waals surface area contributed by atoms with Crippen LogP contribution in [-0.4, -0.2) is 24.9 Å². The van der Waals surface area contributed by atoms with Gasteiger partial charge in [-0.2, -0.15) is 0 Å². The molecule has 5 nitrogen and oxygen atoms in total. The van der Waals surface area contributed by atoms with Crippen LogP contribution in [0.2, 0.25) is 0 Å². The zero-order valence-electron chi connectivity index (χ0n) is 12.8. The van der Waals surface area contributed by atoms with Crippen molar-refractivity contribution in [1.29, 1.82) is 0 Å². The minimum absolute atomic E-state index is 0. The molecule has 1 fully saturated rings. The van der Waals surface area contributed by atoms with Crippen molar-refractivity contribution in [2.75, 3.05) is 12.4 Å². The zero-order valence-corrected chi connectivity index (χ0v) is 13.6. The highest BCUT2D eigenvalue weighted by Crippen LogP contribution is 2.26. The van der Waals surface area contributed by atoms with Crippen LogP contribution in [-0.2, 0) is 4.79 Å². The standard InChI is InChI=1S/C16H23N3O2.ClH/c1-18-16(21)12-6-4-7-13(9-12)19-15(20)10-11-5-2-3-8-14(11)17;/h4,6-7,9,11,14H,2-3,5,8,10,17H2,1H3,(H,18,21)(H,19,20);1H. The second kappa shape index (κ2) is 8.76. The number of benzene rings is 1. The number of rotatable bonds is 4. The summed E-state index contributed by atoms with van der Waals surface area (Å²) in [6.07, 6.45) is 4.79. The molecular weight excluding hydrogens is 302 g/mol. The summed E-state index contributed by atoms with van der Waals surface area (Å²) < 4.78 is 0. The molecule has 1 aliphatic carbocycles. The third-order valence-electron chi connectivity index (χ3n) is 4.05. The predicted molar refractivity (Wildman–Crippen MR) is 90.3 cm³/mol. The van der Waals surface area contributed by atoms with Gasteiger partial charge in [-0.15, -0.1) is 12.4 Å². The van der Waals surface area contributed by atoms with E-state index in [9.17, 15) is 9.59 Å². The second-order valence-electron chi connectivity index (χ2n) is 5.62. The van der Waals surface area contributed by atoms with Gasteiger partial charge in [0.25, 0.3) is 5.91 Å². The Kier molecular flexibility index (Phi) is 7.35. The molecule has 0 aromatic heterocycles. The van der Waals surface area contributed by atoms with Gasteiger partial charge in [0.15, 0.2) is 0 Å². The van der Waals surface area contributed by atoms with Gasteiger partial charge >= 0.3 is 0 Å². The molecule has 1 aromatic carbocycles. The molecule has 0 spiro atoms. The van der Waals surface area contributed by atoms with Crippen molar-refractivity contribution in [2.45, 2.75) is 38.1 Å². The maximum Gasteiger partial charge on any atom is 0.251 e. The molecule has 2 amide bonds. The fraction of sp³-hybridized carbons (Fsp3) is 0.500. The molecule has 1 aromatic rings. The lowest BCUT2D eigenvalue weighted by Crippen LogP contribution is -2.35. The molecule has 2 atom stereocenters. The number of carbonyl (C=O) groups excluding carboxylic acids is 2. The third kappa shape index (κ3) is 5.00. The van der Waals surface area contributed by atoms with Gasteiger partial charge in [-0.25, -0.2) is 0 Å². The van der Waals surface area contributed by atoms with Crippen LogP contribution in [0.15, 0.2) is 24.3 Å². The molecule has 0 saturated heterocycles. The lowest BCUT2D eigenvalue weighted by Gasteiger charge is -2.27. The summed E-state index contributed by atoms with van der Waals surface area (Å²) >= 11 is 0. The molecule has 22 heavy (non-hydrogen) atoms. The zero-order chi connectivity index (χ0) is 15.2. The number of nitrogens with two attached hydrogens (primary N) is 1. The monoisotopic (exact) mass is 325 g/mol. The summed E-state index contributed by atoms with van der Waals surface area (Å²) in [7, 11) is 1.58. The Morgan fingerprint density at radius 1 is 1.27 bits per heavy atom. The van der Waals surface area contributed by atoms with E-state index < -0.39 is 0 Å². The number of anilines is 1. The maximum absolute atomic E-state index is 12.1. The molecule has 6 heteroatoms. The van der Waals surface area contributed by atoms with Crippen molar-refractivity contribution in [3.8, 4) is 0 Å². The predicted octanol–water partition coefficient (Wildman–Crippen LogP) is 2.31. The molecule has 2 unspecified atom stereocenters.